The third-order valence-electron chi connectivity index (χ3n) is 4.64. The van der Waals surface area contributed by atoms with Crippen LogP contribution in [0.15, 0.2) is 6.33 Å². The van der Waals surface area contributed by atoms with Crippen molar-refractivity contribution in [3.8, 4) is 0 Å². The third kappa shape index (κ3) is 1.80. The SMILES string of the molecule is O=C1CC2C(CCN2C(=O)c2ncn[nH]2)N1CC1CC1. The van der Waals surface area contributed by atoms with Crippen molar-refractivity contribution in [2.24, 2.45) is 5.92 Å². The van der Waals surface area contributed by atoms with E-state index in [2.05, 4.69) is 15.2 Å². The number of amides is 2. The van der Waals surface area contributed by atoms with Crippen molar-refractivity contribution in [2.75, 3.05) is 13.1 Å². The van der Waals surface area contributed by atoms with Crippen molar-refractivity contribution in [3.05, 3.63) is 12.2 Å². The first kappa shape index (κ1) is 11.9. The van der Waals surface area contributed by atoms with Crippen LogP contribution in [-0.2, 0) is 4.79 Å². The van der Waals surface area contributed by atoms with Gasteiger partial charge in [-0.3, -0.25) is 14.7 Å². The quantitative estimate of drug-likeness (QED) is 0.843. The Morgan fingerprint density at radius 2 is 2.20 bits per heavy atom. The highest BCUT2D eigenvalue weighted by Crippen LogP contribution is 2.37. The maximum absolute atomic E-state index is 12.4. The average Bonchev–Trinajstić information content (AvgIpc) is 2.87. The van der Waals surface area contributed by atoms with E-state index in [-0.39, 0.29) is 29.7 Å². The molecule has 2 aliphatic heterocycles. The molecule has 0 spiro atoms. The molecule has 7 heteroatoms. The van der Waals surface area contributed by atoms with Gasteiger partial charge in [0.25, 0.3) is 5.91 Å². The second-order valence-corrected chi connectivity index (χ2v) is 5.95. The number of nitrogens with one attached hydrogen (secondary N) is 1. The van der Waals surface area contributed by atoms with E-state index in [1.807, 2.05) is 4.90 Å². The van der Waals surface area contributed by atoms with Crippen molar-refractivity contribution in [1.29, 1.82) is 0 Å². The second-order valence-electron chi connectivity index (χ2n) is 5.95. The summed E-state index contributed by atoms with van der Waals surface area (Å²) in [6.45, 7) is 1.58. The molecule has 1 N–H and O–H groups in total. The number of nitrogens with zero attached hydrogens (tertiary/aromatic N) is 4. The Hall–Kier alpha value is -1.92. The summed E-state index contributed by atoms with van der Waals surface area (Å²) >= 11 is 0. The smallest absolute Gasteiger partial charge is 0.291 e. The van der Waals surface area contributed by atoms with Crippen LogP contribution in [0.3, 0.4) is 0 Å². The number of H-pyrrole nitrogens is 1. The minimum Gasteiger partial charge on any atom is -0.337 e. The number of hydrogen-bond acceptors (Lipinski definition) is 4. The highest BCUT2D eigenvalue weighted by molar-refractivity contribution is 5.92. The van der Waals surface area contributed by atoms with Crippen LogP contribution >= 0.6 is 0 Å². The Kier molecular flexibility index (Phi) is 2.55. The van der Waals surface area contributed by atoms with E-state index in [4.69, 9.17) is 0 Å². The molecule has 0 aromatic carbocycles. The van der Waals surface area contributed by atoms with Crippen LogP contribution in [0.1, 0.15) is 36.3 Å². The van der Waals surface area contributed by atoms with Crippen LogP contribution in [0, 0.1) is 5.92 Å². The first-order valence-corrected chi connectivity index (χ1v) is 7.20. The lowest BCUT2D eigenvalue weighted by Crippen LogP contribution is -2.40. The van der Waals surface area contributed by atoms with Crippen molar-refractivity contribution < 1.29 is 9.59 Å². The Morgan fingerprint density at radius 3 is 2.90 bits per heavy atom. The normalized spacial score (nSPS) is 29.1. The maximum atomic E-state index is 12.4. The minimum absolute atomic E-state index is 0.0128. The van der Waals surface area contributed by atoms with E-state index in [0.29, 0.717) is 18.9 Å². The van der Waals surface area contributed by atoms with E-state index < -0.39 is 0 Å². The van der Waals surface area contributed by atoms with E-state index in [0.717, 1.165) is 13.0 Å². The lowest BCUT2D eigenvalue weighted by Gasteiger charge is -2.24. The molecule has 2 amide bonds. The third-order valence-corrected chi connectivity index (χ3v) is 4.64. The Balaban J connectivity index is 1.52. The molecule has 1 aromatic rings. The summed E-state index contributed by atoms with van der Waals surface area (Å²) in [7, 11) is 0. The zero-order chi connectivity index (χ0) is 13.7. The number of aromatic amines is 1. The summed E-state index contributed by atoms with van der Waals surface area (Å²) in [5, 5.41) is 6.32. The van der Waals surface area contributed by atoms with Gasteiger partial charge in [-0.2, -0.15) is 5.10 Å². The lowest BCUT2D eigenvalue weighted by atomic mass is 10.1. The summed E-state index contributed by atoms with van der Waals surface area (Å²) in [6.07, 6.45) is 5.14. The molecule has 1 aliphatic carbocycles. The molecule has 1 aromatic heterocycles. The lowest BCUT2D eigenvalue weighted by molar-refractivity contribution is -0.129. The number of rotatable bonds is 3. The van der Waals surface area contributed by atoms with Gasteiger partial charge in [-0.25, -0.2) is 4.98 Å². The molecule has 106 valence electrons. The fourth-order valence-electron chi connectivity index (χ4n) is 3.44. The van der Waals surface area contributed by atoms with Gasteiger partial charge in [0.15, 0.2) is 0 Å². The zero-order valence-electron chi connectivity index (χ0n) is 11.2. The van der Waals surface area contributed by atoms with E-state index in [9.17, 15) is 9.59 Å². The largest absolute Gasteiger partial charge is 0.337 e. The maximum Gasteiger partial charge on any atom is 0.291 e. The van der Waals surface area contributed by atoms with Gasteiger partial charge < -0.3 is 9.80 Å². The number of carbonyl (C=O) groups excluding carboxylic acids is 2. The molecule has 0 radical (unpaired) electrons. The van der Waals surface area contributed by atoms with Crippen LogP contribution in [0.2, 0.25) is 0 Å². The number of carbonyl (C=O) groups is 2. The Bertz CT molecular complexity index is 539. The highest BCUT2D eigenvalue weighted by Gasteiger charge is 2.49. The summed E-state index contributed by atoms with van der Waals surface area (Å²) in [4.78, 5) is 32.2. The summed E-state index contributed by atoms with van der Waals surface area (Å²) < 4.78 is 0. The molecule has 3 heterocycles. The average molecular weight is 275 g/mol. The standard InChI is InChI=1S/C13H17N5O2/c19-11-5-10-9(18(11)6-8-1-2-8)3-4-17(10)13(20)12-14-7-15-16-12/h7-10H,1-6H2,(H,14,15,16). The summed E-state index contributed by atoms with van der Waals surface area (Å²) in [5.74, 6) is 1.01. The number of aromatic nitrogens is 3. The van der Waals surface area contributed by atoms with Crippen molar-refractivity contribution in [1.82, 2.24) is 25.0 Å². The molecule has 2 unspecified atom stereocenters. The molecule has 20 heavy (non-hydrogen) atoms. The fraction of sp³-hybridized carbons (Fsp3) is 0.692. The molecule has 7 nitrogen and oxygen atoms in total. The number of likely N-dealkylation sites (tertiary alicyclic amines) is 2. The molecule has 2 atom stereocenters. The number of hydrogen-bond donors (Lipinski definition) is 1. The second kappa shape index (κ2) is 4.29. The molecule has 2 saturated heterocycles. The summed E-state index contributed by atoms with van der Waals surface area (Å²) in [5.41, 5.74) is 0. The summed E-state index contributed by atoms with van der Waals surface area (Å²) in [6, 6.07) is 0.217. The first-order chi connectivity index (χ1) is 9.74. The molecular formula is C13H17N5O2. The molecule has 4 rings (SSSR count). The van der Waals surface area contributed by atoms with Gasteiger partial charge in [0, 0.05) is 19.5 Å². The van der Waals surface area contributed by atoms with Crippen LogP contribution in [0.25, 0.3) is 0 Å². The van der Waals surface area contributed by atoms with Crippen LogP contribution in [0.5, 0.6) is 0 Å². The van der Waals surface area contributed by atoms with Crippen molar-refractivity contribution in [2.45, 2.75) is 37.8 Å². The molecule has 0 bridgehead atoms. The van der Waals surface area contributed by atoms with Gasteiger partial charge in [-0.1, -0.05) is 0 Å². The van der Waals surface area contributed by atoms with Crippen molar-refractivity contribution >= 4 is 11.8 Å². The van der Waals surface area contributed by atoms with E-state index in [1.54, 1.807) is 4.90 Å². The van der Waals surface area contributed by atoms with Crippen LogP contribution in [-0.4, -0.2) is 62.0 Å². The topological polar surface area (TPSA) is 82.2 Å². The molecule has 3 fully saturated rings. The predicted octanol–water partition coefficient (Wildman–Crippen LogP) is 0.0301. The fourth-order valence-corrected chi connectivity index (χ4v) is 3.44. The van der Waals surface area contributed by atoms with Crippen molar-refractivity contribution in [3.63, 3.8) is 0 Å². The Labute approximate surface area is 116 Å². The van der Waals surface area contributed by atoms with Crippen LogP contribution in [0.4, 0.5) is 0 Å². The van der Waals surface area contributed by atoms with E-state index in [1.165, 1.54) is 19.2 Å². The van der Waals surface area contributed by atoms with Gasteiger partial charge in [0.05, 0.1) is 12.1 Å². The zero-order valence-corrected chi connectivity index (χ0v) is 11.2. The van der Waals surface area contributed by atoms with Gasteiger partial charge in [-0.05, 0) is 25.2 Å². The predicted molar refractivity (Wildman–Crippen MR) is 68.7 cm³/mol. The van der Waals surface area contributed by atoms with Gasteiger partial charge in [-0.15, -0.1) is 0 Å². The van der Waals surface area contributed by atoms with Gasteiger partial charge >= 0.3 is 0 Å². The Morgan fingerprint density at radius 1 is 1.35 bits per heavy atom. The van der Waals surface area contributed by atoms with Gasteiger partial charge in [0.1, 0.15) is 6.33 Å². The van der Waals surface area contributed by atoms with Gasteiger partial charge in [0.2, 0.25) is 11.7 Å². The number of fused-ring (bicyclic) bond motifs is 1. The molecular weight excluding hydrogens is 258 g/mol. The minimum atomic E-state index is -0.143. The monoisotopic (exact) mass is 275 g/mol. The van der Waals surface area contributed by atoms with Crippen LogP contribution < -0.4 is 0 Å². The molecule has 3 aliphatic rings. The van der Waals surface area contributed by atoms with E-state index >= 15 is 0 Å². The highest BCUT2D eigenvalue weighted by atomic mass is 16.2. The molecule has 1 saturated carbocycles. The first-order valence-electron chi connectivity index (χ1n) is 7.20.